The highest BCUT2D eigenvalue weighted by Gasteiger charge is 2.29. The Morgan fingerprint density at radius 2 is 2.00 bits per heavy atom. The number of nitrogens with zero attached hydrogens (tertiary/aromatic N) is 3. The van der Waals surface area contributed by atoms with E-state index in [9.17, 15) is 22.8 Å². The second kappa shape index (κ2) is 8.66. The predicted molar refractivity (Wildman–Crippen MR) is 97.5 cm³/mol. The Balaban J connectivity index is 2.16. The smallest absolute Gasteiger partial charge is 0.310 e. The lowest BCUT2D eigenvalue weighted by Crippen LogP contribution is -2.45. The molecule has 10 heteroatoms. The van der Waals surface area contributed by atoms with Crippen LogP contribution in [0.2, 0.25) is 0 Å². The molecule has 9 nitrogen and oxygen atoms in total. The van der Waals surface area contributed by atoms with Crippen LogP contribution >= 0.6 is 0 Å². The topological polar surface area (TPSA) is 106 Å². The molecule has 1 fully saturated rings. The van der Waals surface area contributed by atoms with Gasteiger partial charge < -0.3 is 14.2 Å². The third-order valence-electron chi connectivity index (χ3n) is 4.43. The highest BCUT2D eigenvalue weighted by atomic mass is 32.2. The summed E-state index contributed by atoms with van der Waals surface area (Å²) in [7, 11) is -0.939. The van der Waals surface area contributed by atoms with Crippen LogP contribution in [0, 0.1) is 5.92 Å². The molecule has 0 aliphatic carbocycles. The Hall–Kier alpha value is -2.20. The lowest BCUT2D eigenvalue weighted by atomic mass is 9.98. The lowest BCUT2D eigenvalue weighted by molar-refractivity contribution is -0.151. The molecule has 2 heterocycles. The van der Waals surface area contributed by atoms with Gasteiger partial charge in [-0.25, -0.2) is 12.7 Å². The maximum atomic E-state index is 12.6. The highest BCUT2D eigenvalue weighted by molar-refractivity contribution is 7.89. The lowest BCUT2D eigenvalue weighted by Gasteiger charge is -2.31. The molecule has 1 saturated heterocycles. The van der Waals surface area contributed by atoms with Gasteiger partial charge in [0, 0.05) is 39.4 Å². The molecule has 150 valence electrons. The summed E-state index contributed by atoms with van der Waals surface area (Å²) in [5.41, 5.74) is -0.472. The van der Waals surface area contributed by atoms with E-state index in [0.717, 1.165) is 14.9 Å². The summed E-state index contributed by atoms with van der Waals surface area (Å²) < 4.78 is 31.6. The number of hydrogen-bond acceptors (Lipinski definition) is 6. The van der Waals surface area contributed by atoms with Crippen molar-refractivity contribution in [1.29, 1.82) is 0 Å². The van der Waals surface area contributed by atoms with Gasteiger partial charge in [-0.3, -0.25) is 14.4 Å². The van der Waals surface area contributed by atoms with Gasteiger partial charge in [-0.1, -0.05) is 0 Å². The summed E-state index contributed by atoms with van der Waals surface area (Å²) in [5.74, 6) is -1.04. The number of pyridine rings is 1. The van der Waals surface area contributed by atoms with Crippen molar-refractivity contribution < 1.29 is 22.7 Å². The average molecular weight is 399 g/mol. The monoisotopic (exact) mass is 399 g/mol. The number of carbonyl (C=O) groups excluding carboxylic acids is 2. The molecule has 1 aliphatic heterocycles. The number of rotatable bonds is 6. The van der Waals surface area contributed by atoms with Crippen molar-refractivity contribution in [3.63, 3.8) is 0 Å². The Morgan fingerprint density at radius 1 is 1.30 bits per heavy atom. The normalized spacial score (nSPS) is 17.8. The summed E-state index contributed by atoms with van der Waals surface area (Å²) in [6.45, 7) is 2.45. The van der Waals surface area contributed by atoms with Crippen LogP contribution in [0.5, 0.6) is 0 Å². The molecule has 0 N–H and O–H groups in total. The summed E-state index contributed by atoms with van der Waals surface area (Å²) in [6.07, 6.45) is 2.49. The Kier molecular flexibility index (Phi) is 6.77. The van der Waals surface area contributed by atoms with Gasteiger partial charge in [-0.2, -0.15) is 0 Å². The molecule has 0 saturated carbocycles. The van der Waals surface area contributed by atoms with Crippen LogP contribution in [0.25, 0.3) is 0 Å². The number of piperidine rings is 1. The Labute approximate surface area is 158 Å². The maximum absolute atomic E-state index is 12.6. The molecule has 1 amide bonds. The second-order valence-corrected chi connectivity index (χ2v) is 8.70. The van der Waals surface area contributed by atoms with Crippen molar-refractivity contribution in [2.75, 3.05) is 33.8 Å². The molecular formula is C17H25N3O6S. The van der Waals surface area contributed by atoms with Gasteiger partial charge in [0.05, 0.1) is 17.4 Å². The zero-order chi connectivity index (χ0) is 20.2. The van der Waals surface area contributed by atoms with Crippen molar-refractivity contribution >= 4 is 21.9 Å². The minimum Gasteiger partial charge on any atom is -0.466 e. The van der Waals surface area contributed by atoms with Crippen LogP contribution in [0.3, 0.4) is 0 Å². The maximum Gasteiger partial charge on any atom is 0.310 e. The van der Waals surface area contributed by atoms with Crippen molar-refractivity contribution in [3.05, 3.63) is 28.7 Å². The molecule has 2 rings (SSSR count). The van der Waals surface area contributed by atoms with E-state index in [1.165, 1.54) is 31.3 Å². The molecule has 0 spiro atoms. The van der Waals surface area contributed by atoms with Crippen molar-refractivity contribution in [1.82, 2.24) is 13.8 Å². The van der Waals surface area contributed by atoms with Crippen LogP contribution in [-0.2, 0) is 30.9 Å². The van der Waals surface area contributed by atoms with Gasteiger partial charge in [0.2, 0.25) is 15.9 Å². The average Bonchev–Trinajstić information content (AvgIpc) is 2.63. The SMILES string of the molecule is CCOC(=O)[C@@H]1CCCN(C(=O)Cn2cc(S(=O)(=O)N(C)C)ccc2=O)C1. The van der Waals surface area contributed by atoms with Gasteiger partial charge in [0.15, 0.2) is 0 Å². The van der Waals surface area contributed by atoms with E-state index < -0.39 is 15.6 Å². The standard InChI is InChI=1S/C17H25N3O6S/c1-4-26-17(23)13-6-5-9-19(10-13)16(22)12-20-11-14(7-8-15(20)21)27(24,25)18(2)3/h7-8,11,13H,4-6,9-10,12H2,1-3H3/t13-/m1/s1. The van der Waals surface area contributed by atoms with E-state index in [0.29, 0.717) is 19.4 Å². The molecule has 1 aromatic heterocycles. The number of esters is 1. The third kappa shape index (κ3) is 4.95. The molecule has 1 aromatic rings. The number of hydrogen-bond donors (Lipinski definition) is 0. The molecular weight excluding hydrogens is 374 g/mol. The van der Waals surface area contributed by atoms with Gasteiger partial charge in [-0.15, -0.1) is 0 Å². The molecule has 27 heavy (non-hydrogen) atoms. The molecule has 0 unspecified atom stereocenters. The zero-order valence-corrected chi connectivity index (χ0v) is 16.6. The van der Waals surface area contributed by atoms with Crippen LogP contribution in [0.4, 0.5) is 0 Å². The molecule has 0 aromatic carbocycles. The number of aromatic nitrogens is 1. The fourth-order valence-electron chi connectivity index (χ4n) is 2.90. The van der Waals surface area contributed by atoms with E-state index >= 15 is 0 Å². The van der Waals surface area contributed by atoms with Gasteiger partial charge in [0.1, 0.15) is 6.54 Å². The minimum absolute atomic E-state index is 0.0667. The number of ether oxygens (including phenoxy) is 1. The zero-order valence-electron chi connectivity index (χ0n) is 15.8. The van der Waals surface area contributed by atoms with E-state index in [1.54, 1.807) is 6.92 Å². The first kappa shape index (κ1) is 21.1. The number of carbonyl (C=O) groups is 2. The first-order valence-corrected chi connectivity index (χ1v) is 10.2. The van der Waals surface area contributed by atoms with Crippen LogP contribution in [0.15, 0.2) is 28.0 Å². The Morgan fingerprint density at radius 3 is 2.63 bits per heavy atom. The van der Waals surface area contributed by atoms with Crippen molar-refractivity contribution in [3.8, 4) is 0 Å². The second-order valence-electron chi connectivity index (χ2n) is 6.55. The number of sulfonamides is 1. The largest absolute Gasteiger partial charge is 0.466 e. The van der Waals surface area contributed by atoms with Crippen molar-refractivity contribution in [2.45, 2.75) is 31.2 Å². The number of likely N-dealkylation sites (tertiary alicyclic amines) is 1. The fourth-order valence-corrected chi connectivity index (χ4v) is 3.82. The molecule has 0 bridgehead atoms. The highest BCUT2D eigenvalue weighted by Crippen LogP contribution is 2.18. The van der Waals surface area contributed by atoms with E-state index in [-0.39, 0.29) is 42.4 Å². The fraction of sp³-hybridized carbons (Fsp3) is 0.588. The molecule has 0 radical (unpaired) electrons. The summed E-state index contributed by atoms with van der Waals surface area (Å²) in [5, 5.41) is 0. The quantitative estimate of drug-likeness (QED) is 0.619. The van der Waals surface area contributed by atoms with Crippen LogP contribution in [0.1, 0.15) is 19.8 Å². The third-order valence-corrected chi connectivity index (χ3v) is 6.23. The van der Waals surface area contributed by atoms with Crippen LogP contribution in [-0.4, -0.2) is 67.9 Å². The van der Waals surface area contributed by atoms with E-state index in [1.807, 2.05) is 0 Å². The van der Waals surface area contributed by atoms with E-state index in [4.69, 9.17) is 4.74 Å². The molecule has 1 atom stereocenters. The van der Waals surface area contributed by atoms with Crippen molar-refractivity contribution in [2.24, 2.45) is 5.92 Å². The first-order chi connectivity index (χ1) is 12.7. The summed E-state index contributed by atoms with van der Waals surface area (Å²) in [4.78, 5) is 38.0. The van der Waals surface area contributed by atoms with Gasteiger partial charge >= 0.3 is 5.97 Å². The Bertz CT molecular complexity index is 862. The summed E-state index contributed by atoms with van der Waals surface area (Å²) in [6, 6.07) is 2.34. The van der Waals surface area contributed by atoms with Crippen LogP contribution < -0.4 is 5.56 Å². The van der Waals surface area contributed by atoms with E-state index in [2.05, 4.69) is 0 Å². The van der Waals surface area contributed by atoms with Gasteiger partial charge in [-0.05, 0) is 25.8 Å². The number of amides is 1. The molecule has 1 aliphatic rings. The van der Waals surface area contributed by atoms with Gasteiger partial charge in [0.25, 0.3) is 5.56 Å². The predicted octanol–water partition coefficient (Wildman–Crippen LogP) is -0.0997. The first-order valence-electron chi connectivity index (χ1n) is 8.74. The minimum atomic E-state index is -3.72. The summed E-state index contributed by atoms with van der Waals surface area (Å²) >= 11 is 0.